The Bertz CT molecular complexity index is 389. The van der Waals surface area contributed by atoms with Crippen molar-refractivity contribution in [3.8, 4) is 0 Å². The fourth-order valence-electron chi connectivity index (χ4n) is 2.27. The molecule has 2 fully saturated rings. The fraction of sp³-hybridized carbons (Fsp3) is 0.571. The predicted octanol–water partition coefficient (Wildman–Crippen LogP) is 3.32. The zero-order chi connectivity index (χ0) is 13.1. The molecule has 0 unspecified atom stereocenters. The van der Waals surface area contributed by atoms with Crippen LogP contribution in [0.2, 0.25) is 0 Å². The number of rotatable bonds is 2. The third-order valence-corrected chi connectivity index (χ3v) is 3.60. The van der Waals surface area contributed by atoms with Gasteiger partial charge in [0.15, 0.2) is 12.6 Å². The van der Waals surface area contributed by atoms with Gasteiger partial charge in [-0.3, -0.25) is 0 Å². The number of benzene rings is 1. The van der Waals surface area contributed by atoms with Crippen LogP contribution in [0.25, 0.3) is 0 Å². The Labute approximate surface area is 121 Å². The molecule has 0 radical (unpaired) electrons. The molecule has 2 aliphatic rings. The summed E-state index contributed by atoms with van der Waals surface area (Å²) in [5.74, 6) is 0. The first-order chi connectivity index (χ1) is 9.33. The van der Waals surface area contributed by atoms with Crippen LogP contribution in [-0.2, 0) is 18.9 Å². The zero-order valence-electron chi connectivity index (χ0n) is 10.6. The highest BCUT2D eigenvalue weighted by atomic mass is 79.9. The van der Waals surface area contributed by atoms with Gasteiger partial charge in [0.25, 0.3) is 0 Å². The summed E-state index contributed by atoms with van der Waals surface area (Å²) in [6.45, 7) is 2.96. The second-order valence-electron chi connectivity index (χ2n) is 4.67. The van der Waals surface area contributed by atoms with Crippen molar-refractivity contribution in [1.29, 1.82) is 0 Å². The van der Waals surface area contributed by atoms with Crippen LogP contribution < -0.4 is 0 Å². The lowest BCUT2D eigenvalue weighted by molar-refractivity contribution is -0.186. The zero-order valence-corrected chi connectivity index (χ0v) is 12.2. The lowest BCUT2D eigenvalue weighted by Crippen LogP contribution is -2.20. The highest BCUT2D eigenvalue weighted by molar-refractivity contribution is 9.10. The molecule has 1 aromatic rings. The third-order valence-electron chi connectivity index (χ3n) is 3.14. The van der Waals surface area contributed by atoms with Crippen molar-refractivity contribution in [2.45, 2.75) is 25.4 Å². The maximum atomic E-state index is 5.64. The molecule has 0 amide bonds. The molecule has 2 saturated heterocycles. The number of hydrogen-bond donors (Lipinski definition) is 0. The van der Waals surface area contributed by atoms with Crippen LogP contribution in [-0.4, -0.2) is 26.4 Å². The summed E-state index contributed by atoms with van der Waals surface area (Å²) >= 11 is 3.52. The highest BCUT2D eigenvalue weighted by Crippen LogP contribution is 2.31. The van der Waals surface area contributed by atoms with Crippen molar-refractivity contribution in [2.24, 2.45) is 0 Å². The Kier molecular flexibility index (Phi) is 4.50. The summed E-state index contributed by atoms with van der Waals surface area (Å²) in [5, 5.41) is 0. The smallest absolute Gasteiger partial charge is 0.183 e. The maximum Gasteiger partial charge on any atom is 0.183 e. The van der Waals surface area contributed by atoms with Crippen LogP contribution >= 0.6 is 15.9 Å². The minimum absolute atomic E-state index is 0.284. The molecule has 0 atom stereocenters. The molecule has 0 aromatic heterocycles. The minimum Gasteiger partial charge on any atom is -0.348 e. The normalized spacial score (nSPS) is 22.6. The van der Waals surface area contributed by atoms with Crippen molar-refractivity contribution in [3.05, 3.63) is 33.8 Å². The van der Waals surface area contributed by atoms with Crippen molar-refractivity contribution in [2.75, 3.05) is 26.4 Å². The molecule has 4 nitrogen and oxygen atoms in total. The molecular formula is C14H17BrO4. The van der Waals surface area contributed by atoms with E-state index in [0.29, 0.717) is 0 Å². The molecule has 2 aliphatic heterocycles. The van der Waals surface area contributed by atoms with Gasteiger partial charge < -0.3 is 18.9 Å². The van der Waals surface area contributed by atoms with Gasteiger partial charge in [-0.15, -0.1) is 0 Å². The van der Waals surface area contributed by atoms with Crippen LogP contribution in [0, 0.1) is 0 Å². The summed E-state index contributed by atoms with van der Waals surface area (Å²) in [7, 11) is 0. The van der Waals surface area contributed by atoms with E-state index in [1.807, 2.05) is 18.2 Å². The van der Waals surface area contributed by atoms with Gasteiger partial charge >= 0.3 is 0 Å². The van der Waals surface area contributed by atoms with Crippen molar-refractivity contribution >= 4 is 15.9 Å². The summed E-state index contributed by atoms with van der Waals surface area (Å²) in [5.41, 5.74) is 2.00. The first-order valence-electron chi connectivity index (χ1n) is 6.60. The van der Waals surface area contributed by atoms with Crippen LogP contribution in [0.3, 0.4) is 0 Å². The Balaban J connectivity index is 1.82. The molecule has 1 aromatic carbocycles. The number of halogens is 1. The maximum absolute atomic E-state index is 5.64. The van der Waals surface area contributed by atoms with Crippen LogP contribution in [0.4, 0.5) is 0 Å². The molecule has 0 aliphatic carbocycles. The monoisotopic (exact) mass is 328 g/mol. The molecule has 2 heterocycles. The molecule has 0 saturated carbocycles. The van der Waals surface area contributed by atoms with E-state index in [0.717, 1.165) is 54.9 Å². The largest absolute Gasteiger partial charge is 0.348 e. The van der Waals surface area contributed by atoms with E-state index in [1.165, 1.54) is 0 Å². The van der Waals surface area contributed by atoms with Gasteiger partial charge in [0.05, 0.1) is 26.4 Å². The molecule has 19 heavy (non-hydrogen) atoms. The lowest BCUT2D eigenvalue weighted by atomic mass is 10.1. The minimum atomic E-state index is -0.284. The van der Waals surface area contributed by atoms with Gasteiger partial charge in [-0.2, -0.15) is 0 Å². The van der Waals surface area contributed by atoms with Crippen molar-refractivity contribution in [1.82, 2.24) is 0 Å². The van der Waals surface area contributed by atoms with E-state index in [9.17, 15) is 0 Å². The van der Waals surface area contributed by atoms with Gasteiger partial charge in [0.2, 0.25) is 0 Å². The number of ether oxygens (including phenoxy) is 4. The summed E-state index contributed by atoms with van der Waals surface area (Å²) in [6, 6.07) is 6.07. The second kappa shape index (κ2) is 6.33. The lowest BCUT2D eigenvalue weighted by Gasteiger charge is -2.27. The van der Waals surface area contributed by atoms with Gasteiger partial charge in [-0.1, -0.05) is 15.9 Å². The van der Waals surface area contributed by atoms with Gasteiger partial charge in [-0.05, 0) is 31.0 Å². The van der Waals surface area contributed by atoms with Gasteiger partial charge in [0.1, 0.15) is 0 Å². The van der Waals surface area contributed by atoms with Crippen molar-refractivity contribution in [3.63, 3.8) is 0 Å². The quantitative estimate of drug-likeness (QED) is 0.834. The standard InChI is InChI=1S/C14H17BrO4/c15-12-8-10(13-16-3-1-4-17-13)7-11(9-12)14-18-5-2-6-19-14/h7-9,13-14H,1-6H2. The SMILES string of the molecule is Brc1cc(C2OCCCO2)cc(C2OCCCO2)c1. The van der Waals surface area contributed by atoms with E-state index in [4.69, 9.17) is 18.9 Å². The van der Waals surface area contributed by atoms with Gasteiger partial charge in [0, 0.05) is 15.6 Å². The molecular weight excluding hydrogens is 312 g/mol. The van der Waals surface area contributed by atoms with Crippen molar-refractivity contribution < 1.29 is 18.9 Å². The Morgan fingerprint density at radius 3 is 1.58 bits per heavy atom. The molecule has 104 valence electrons. The fourth-order valence-corrected chi connectivity index (χ4v) is 2.80. The molecule has 0 N–H and O–H groups in total. The van der Waals surface area contributed by atoms with Crippen LogP contribution in [0.1, 0.15) is 36.5 Å². The first kappa shape index (κ1) is 13.5. The Morgan fingerprint density at radius 1 is 0.737 bits per heavy atom. The Morgan fingerprint density at radius 2 is 1.16 bits per heavy atom. The predicted molar refractivity (Wildman–Crippen MR) is 72.7 cm³/mol. The van der Waals surface area contributed by atoms with Gasteiger partial charge in [-0.25, -0.2) is 0 Å². The Hall–Kier alpha value is -0.460. The molecule has 0 spiro atoms. The van der Waals surface area contributed by atoms with E-state index in [1.54, 1.807) is 0 Å². The van der Waals surface area contributed by atoms with E-state index in [2.05, 4.69) is 15.9 Å². The average Bonchev–Trinajstić information content (AvgIpc) is 2.48. The summed E-state index contributed by atoms with van der Waals surface area (Å²) in [6.07, 6.45) is 1.33. The van der Waals surface area contributed by atoms with E-state index in [-0.39, 0.29) is 12.6 Å². The second-order valence-corrected chi connectivity index (χ2v) is 5.59. The third kappa shape index (κ3) is 3.35. The summed E-state index contributed by atoms with van der Waals surface area (Å²) in [4.78, 5) is 0. The first-order valence-corrected chi connectivity index (χ1v) is 7.39. The highest BCUT2D eigenvalue weighted by Gasteiger charge is 2.21. The van der Waals surface area contributed by atoms with Crippen LogP contribution in [0.5, 0.6) is 0 Å². The topological polar surface area (TPSA) is 36.9 Å². The molecule has 5 heteroatoms. The molecule has 3 rings (SSSR count). The number of hydrogen-bond acceptors (Lipinski definition) is 4. The average molecular weight is 329 g/mol. The molecule has 0 bridgehead atoms. The van der Waals surface area contributed by atoms with E-state index >= 15 is 0 Å². The summed E-state index contributed by atoms with van der Waals surface area (Å²) < 4.78 is 23.5. The van der Waals surface area contributed by atoms with E-state index < -0.39 is 0 Å². The van der Waals surface area contributed by atoms with Crippen LogP contribution in [0.15, 0.2) is 22.7 Å².